The highest BCUT2D eigenvalue weighted by atomic mass is 32.1. The SMILES string of the molecule is Cc1nc(C(C)Nc2ccc(O)cc2C)cs1. The van der Waals surface area contributed by atoms with Crippen LogP contribution in [0.2, 0.25) is 0 Å². The van der Waals surface area contributed by atoms with Crippen molar-refractivity contribution in [2.45, 2.75) is 26.8 Å². The molecule has 1 aromatic heterocycles. The number of thiazole rings is 1. The maximum Gasteiger partial charge on any atom is 0.115 e. The minimum Gasteiger partial charge on any atom is -0.508 e. The zero-order valence-corrected chi connectivity index (χ0v) is 11.0. The number of benzene rings is 1. The number of nitrogens with zero attached hydrogens (tertiary/aromatic N) is 1. The molecule has 0 amide bonds. The Morgan fingerprint density at radius 3 is 2.71 bits per heavy atom. The molecule has 2 rings (SSSR count). The van der Waals surface area contributed by atoms with Crippen molar-refractivity contribution in [3.8, 4) is 5.75 Å². The number of hydrogen-bond donors (Lipinski definition) is 2. The average Bonchev–Trinajstić information content (AvgIpc) is 2.69. The van der Waals surface area contributed by atoms with Gasteiger partial charge in [-0.2, -0.15) is 0 Å². The van der Waals surface area contributed by atoms with E-state index >= 15 is 0 Å². The van der Waals surface area contributed by atoms with Crippen molar-refractivity contribution in [3.05, 3.63) is 39.8 Å². The van der Waals surface area contributed by atoms with Gasteiger partial charge < -0.3 is 10.4 Å². The molecule has 0 aliphatic carbocycles. The molecule has 0 bridgehead atoms. The minimum atomic E-state index is 0.170. The average molecular weight is 248 g/mol. The van der Waals surface area contributed by atoms with Crippen LogP contribution < -0.4 is 5.32 Å². The van der Waals surface area contributed by atoms with Gasteiger partial charge in [0.1, 0.15) is 5.75 Å². The Bertz CT molecular complexity index is 522. The third-order valence-corrected chi connectivity index (χ3v) is 3.45. The Labute approximate surface area is 105 Å². The molecule has 0 aliphatic rings. The molecular formula is C13H16N2OS. The number of aromatic nitrogens is 1. The Morgan fingerprint density at radius 1 is 1.35 bits per heavy atom. The van der Waals surface area contributed by atoms with Crippen LogP contribution in [-0.2, 0) is 0 Å². The smallest absolute Gasteiger partial charge is 0.115 e. The van der Waals surface area contributed by atoms with Gasteiger partial charge in [0.05, 0.1) is 16.7 Å². The minimum absolute atomic E-state index is 0.170. The first-order valence-corrected chi connectivity index (χ1v) is 6.42. The molecule has 2 N–H and O–H groups in total. The third-order valence-electron chi connectivity index (χ3n) is 2.66. The molecule has 0 saturated heterocycles. The van der Waals surface area contributed by atoms with Crippen LogP contribution in [0, 0.1) is 13.8 Å². The van der Waals surface area contributed by atoms with E-state index in [2.05, 4.69) is 22.6 Å². The zero-order chi connectivity index (χ0) is 12.4. The van der Waals surface area contributed by atoms with Gasteiger partial charge in [-0.15, -0.1) is 11.3 Å². The van der Waals surface area contributed by atoms with Crippen molar-refractivity contribution in [1.29, 1.82) is 0 Å². The Hall–Kier alpha value is -1.55. The van der Waals surface area contributed by atoms with Gasteiger partial charge in [-0.1, -0.05) is 0 Å². The van der Waals surface area contributed by atoms with Crippen LogP contribution in [0.4, 0.5) is 5.69 Å². The lowest BCUT2D eigenvalue weighted by molar-refractivity contribution is 0.475. The fourth-order valence-corrected chi connectivity index (χ4v) is 2.40. The van der Waals surface area contributed by atoms with E-state index in [4.69, 9.17) is 0 Å². The fourth-order valence-electron chi connectivity index (χ4n) is 1.70. The molecule has 1 aromatic carbocycles. The van der Waals surface area contributed by atoms with Crippen molar-refractivity contribution in [1.82, 2.24) is 4.98 Å². The predicted octanol–water partition coefficient (Wildman–Crippen LogP) is 3.64. The first kappa shape index (κ1) is 11.9. The number of rotatable bonds is 3. The molecule has 2 aromatic rings. The van der Waals surface area contributed by atoms with Crippen LogP contribution in [0.3, 0.4) is 0 Å². The number of aromatic hydroxyl groups is 1. The molecule has 0 saturated carbocycles. The second kappa shape index (κ2) is 4.75. The van der Waals surface area contributed by atoms with Crippen molar-refractivity contribution in [3.63, 3.8) is 0 Å². The summed E-state index contributed by atoms with van der Waals surface area (Å²) in [5, 5.41) is 15.9. The normalized spacial score (nSPS) is 12.4. The lowest BCUT2D eigenvalue weighted by Crippen LogP contribution is -2.07. The van der Waals surface area contributed by atoms with Crippen molar-refractivity contribution in [2.24, 2.45) is 0 Å². The van der Waals surface area contributed by atoms with E-state index in [1.807, 2.05) is 19.9 Å². The van der Waals surface area contributed by atoms with Crippen LogP contribution in [-0.4, -0.2) is 10.1 Å². The van der Waals surface area contributed by atoms with E-state index in [1.54, 1.807) is 23.5 Å². The lowest BCUT2D eigenvalue weighted by Gasteiger charge is -2.15. The van der Waals surface area contributed by atoms with E-state index in [1.165, 1.54) is 0 Å². The maximum atomic E-state index is 9.35. The van der Waals surface area contributed by atoms with Gasteiger partial charge in [-0.05, 0) is 44.5 Å². The fraction of sp³-hybridized carbons (Fsp3) is 0.308. The van der Waals surface area contributed by atoms with E-state index in [0.717, 1.165) is 22.0 Å². The summed E-state index contributed by atoms with van der Waals surface area (Å²) in [6.07, 6.45) is 0. The van der Waals surface area contributed by atoms with Gasteiger partial charge in [0.25, 0.3) is 0 Å². The van der Waals surface area contributed by atoms with E-state index in [0.29, 0.717) is 5.75 Å². The van der Waals surface area contributed by atoms with E-state index < -0.39 is 0 Å². The van der Waals surface area contributed by atoms with Crippen molar-refractivity contribution in [2.75, 3.05) is 5.32 Å². The number of nitrogens with one attached hydrogen (secondary N) is 1. The van der Waals surface area contributed by atoms with Crippen LogP contribution in [0.5, 0.6) is 5.75 Å². The molecule has 0 aliphatic heterocycles. The maximum absolute atomic E-state index is 9.35. The largest absolute Gasteiger partial charge is 0.508 e. The molecular weight excluding hydrogens is 232 g/mol. The van der Waals surface area contributed by atoms with Crippen LogP contribution in [0.25, 0.3) is 0 Å². The summed E-state index contributed by atoms with van der Waals surface area (Å²) in [7, 11) is 0. The summed E-state index contributed by atoms with van der Waals surface area (Å²) in [4.78, 5) is 4.46. The van der Waals surface area contributed by atoms with E-state index in [-0.39, 0.29) is 6.04 Å². The molecule has 3 nitrogen and oxygen atoms in total. The molecule has 1 atom stereocenters. The highest BCUT2D eigenvalue weighted by Gasteiger charge is 2.09. The number of anilines is 1. The first-order valence-electron chi connectivity index (χ1n) is 5.54. The summed E-state index contributed by atoms with van der Waals surface area (Å²) >= 11 is 1.66. The standard InChI is InChI=1S/C13H16N2OS/c1-8-6-11(16)4-5-12(8)14-9(2)13-7-17-10(3)15-13/h4-7,9,14,16H,1-3H3. The molecule has 4 heteroatoms. The summed E-state index contributed by atoms with van der Waals surface area (Å²) in [6, 6.07) is 5.50. The second-order valence-corrected chi connectivity index (χ2v) is 5.22. The summed E-state index contributed by atoms with van der Waals surface area (Å²) < 4.78 is 0. The predicted molar refractivity (Wildman–Crippen MR) is 71.7 cm³/mol. The summed E-state index contributed by atoms with van der Waals surface area (Å²) in [5.74, 6) is 0.296. The van der Waals surface area contributed by atoms with Crippen molar-refractivity contribution < 1.29 is 5.11 Å². The number of phenols is 1. The zero-order valence-electron chi connectivity index (χ0n) is 10.2. The van der Waals surface area contributed by atoms with Crippen LogP contribution in [0.15, 0.2) is 23.6 Å². The first-order chi connectivity index (χ1) is 8.06. The number of hydrogen-bond acceptors (Lipinski definition) is 4. The quantitative estimate of drug-likeness (QED) is 0.815. The highest BCUT2D eigenvalue weighted by molar-refractivity contribution is 7.09. The molecule has 1 unspecified atom stereocenters. The molecule has 0 radical (unpaired) electrons. The molecule has 90 valence electrons. The van der Waals surface area contributed by atoms with Gasteiger partial charge in [-0.3, -0.25) is 0 Å². The monoisotopic (exact) mass is 248 g/mol. The molecule has 17 heavy (non-hydrogen) atoms. The van der Waals surface area contributed by atoms with Gasteiger partial charge in [0.15, 0.2) is 0 Å². The lowest BCUT2D eigenvalue weighted by atomic mass is 10.1. The summed E-state index contributed by atoms with van der Waals surface area (Å²) in [5.41, 5.74) is 3.12. The van der Waals surface area contributed by atoms with E-state index in [9.17, 15) is 5.11 Å². The summed E-state index contributed by atoms with van der Waals surface area (Å²) in [6.45, 7) is 6.06. The van der Waals surface area contributed by atoms with Gasteiger partial charge in [-0.25, -0.2) is 4.98 Å². The van der Waals surface area contributed by atoms with Gasteiger partial charge in [0.2, 0.25) is 0 Å². The topological polar surface area (TPSA) is 45.2 Å². The third kappa shape index (κ3) is 2.77. The van der Waals surface area contributed by atoms with Gasteiger partial charge >= 0.3 is 0 Å². The second-order valence-electron chi connectivity index (χ2n) is 4.16. The molecule has 0 fully saturated rings. The van der Waals surface area contributed by atoms with Gasteiger partial charge in [0, 0.05) is 11.1 Å². The van der Waals surface area contributed by atoms with Crippen molar-refractivity contribution >= 4 is 17.0 Å². The molecule has 0 spiro atoms. The Morgan fingerprint density at radius 2 is 2.12 bits per heavy atom. The van der Waals surface area contributed by atoms with Crippen LogP contribution >= 0.6 is 11.3 Å². The molecule has 1 heterocycles. The highest BCUT2D eigenvalue weighted by Crippen LogP contribution is 2.25. The Balaban J connectivity index is 2.15. The number of aryl methyl sites for hydroxylation is 2. The van der Waals surface area contributed by atoms with Crippen LogP contribution in [0.1, 0.15) is 29.2 Å². The Kier molecular flexibility index (Phi) is 3.33. The number of phenolic OH excluding ortho intramolecular Hbond substituents is 1.